The van der Waals surface area contributed by atoms with E-state index in [1.807, 2.05) is 0 Å². The number of fused-ring (bicyclic) bond motifs is 2. The molecule has 12 heteroatoms. The maximum Gasteiger partial charge on any atom is 0.263 e. The molecule has 196 valence electrons. The summed E-state index contributed by atoms with van der Waals surface area (Å²) in [5.41, 5.74) is 0.906. The number of ketones is 2. The number of rotatable bonds is 2. The van der Waals surface area contributed by atoms with Gasteiger partial charge in [-0.15, -0.1) is 0 Å². The lowest BCUT2D eigenvalue weighted by atomic mass is 10.1. The highest BCUT2D eigenvalue weighted by Gasteiger charge is 2.48. The highest BCUT2D eigenvalue weighted by atomic mass is 79.9. The van der Waals surface area contributed by atoms with Gasteiger partial charge in [-0.2, -0.15) is 0 Å². The topological polar surface area (TPSA) is 101 Å². The minimum atomic E-state index is -0.585. The number of nitrogens with zero attached hydrogens (tertiary/aromatic N) is 4. The number of anilines is 2. The molecule has 2 aliphatic rings. The number of amides is 2. The van der Waals surface area contributed by atoms with E-state index < -0.39 is 23.4 Å². The van der Waals surface area contributed by atoms with Gasteiger partial charge in [-0.25, -0.2) is 0 Å². The predicted molar refractivity (Wildman–Crippen MR) is 161 cm³/mol. The third-order valence-corrected chi connectivity index (χ3v) is 8.48. The Morgan fingerprint density at radius 1 is 0.575 bits per heavy atom. The zero-order valence-corrected chi connectivity index (χ0v) is 26.2. The number of aromatic nitrogens is 2. The molecule has 6 rings (SSSR count). The monoisotopic (exact) mass is 784 g/mol. The standard InChI is InChI=1S/C28H12Br4N4O4/c29-15-9-17-21(19(31)11-15)35(27(39)13-1-5-33-6-2-13)23(25(17)37)24-26(38)18-10-16(30)12-20(32)22(18)36(24)28(40)14-3-7-34-8-4-14/h1-12H/b24-23+. The van der Waals surface area contributed by atoms with E-state index in [-0.39, 0.29) is 45.0 Å². The number of halogens is 4. The van der Waals surface area contributed by atoms with E-state index >= 15 is 0 Å². The first-order chi connectivity index (χ1) is 19.2. The van der Waals surface area contributed by atoms with Crippen molar-refractivity contribution < 1.29 is 19.2 Å². The summed E-state index contributed by atoms with van der Waals surface area (Å²) in [6, 6.07) is 12.6. The van der Waals surface area contributed by atoms with Crippen LogP contribution in [0.3, 0.4) is 0 Å². The number of Topliss-reactive ketones (excluding diaryl/α,β-unsaturated/α-hetero) is 2. The highest BCUT2D eigenvalue weighted by molar-refractivity contribution is 9.11. The smallest absolute Gasteiger partial charge is 0.263 e. The Balaban J connectivity index is 1.69. The molecule has 0 fully saturated rings. The average molecular weight is 788 g/mol. The van der Waals surface area contributed by atoms with Gasteiger partial charge in [-0.05, 0) is 80.4 Å². The Labute approximate surface area is 260 Å². The first-order valence-corrected chi connectivity index (χ1v) is 14.7. The van der Waals surface area contributed by atoms with Crippen molar-refractivity contribution in [1.29, 1.82) is 0 Å². The molecule has 8 nitrogen and oxygen atoms in total. The van der Waals surface area contributed by atoms with Crippen molar-refractivity contribution in [3.05, 3.63) is 125 Å². The molecule has 0 atom stereocenters. The Kier molecular flexibility index (Phi) is 6.89. The zero-order chi connectivity index (χ0) is 28.3. The van der Waals surface area contributed by atoms with Crippen molar-refractivity contribution in [3.63, 3.8) is 0 Å². The summed E-state index contributed by atoms with van der Waals surface area (Å²) in [5.74, 6) is -2.31. The molecule has 4 heterocycles. The van der Waals surface area contributed by atoms with Gasteiger partial charge in [-0.1, -0.05) is 31.9 Å². The van der Waals surface area contributed by atoms with Crippen LogP contribution in [0, 0.1) is 0 Å². The largest absolute Gasteiger partial charge is 0.287 e. The van der Waals surface area contributed by atoms with Crippen LogP contribution in [0.5, 0.6) is 0 Å². The Bertz CT molecular complexity index is 1690. The van der Waals surface area contributed by atoms with Gasteiger partial charge < -0.3 is 0 Å². The zero-order valence-electron chi connectivity index (χ0n) is 19.9. The van der Waals surface area contributed by atoms with Crippen LogP contribution in [-0.4, -0.2) is 33.3 Å². The predicted octanol–water partition coefficient (Wildman–Crippen LogP) is 7.12. The van der Waals surface area contributed by atoms with Gasteiger partial charge in [0.1, 0.15) is 11.4 Å². The normalized spacial score (nSPS) is 15.9. The summed E-state index contributed by atoms with van der Waals surface area (Å²) in [6.07, 6.45) is 5.83. The summed E-state index contributed by atoms with van der Waals surface area (Å²) < 4.78 is 2.07. The fourth-order valence-corrected chi connectivity index (χ4v) is 7.50. The third kappa shape index (κ3) is 4.21. The van der Waals surface area contributed by atoms with E-state index in [4.69, 9.17) is 0 Å². The number of hydrogen-bond acceptors (Lipinski definition) is 6. The molecule has 0 bridgehead atoms. The van der Waals surface area contributed by atoms with E-state index in [2.05, 4.69) is 73.7 Å². The second-order valence-corrected chi connectivity index (χ2v) is 12.2. The molecule has 0 spiro atoms. The SMILES string of the molecule is O=C1/C(=C2/C(=O)c3cc(Br)cc(Br)c3N2C(=O)c2ccncc2)N(C(=O)c2ccncc2)c2c(Br)cc(Br)cc21. The van der Waals surface area contributed by atoms with E-state index in [0.717, 1.165) is 0 Å². The molecule has 0 aliphatic carbocycles. The fourth-order valence-electron chi connectivity index (χ4n) is 4.69. The molecule has 2 aromatic carbocycles. The summed E-state index contributed by atoms with van der Waals surface area (Å²) in [4.78, 5) is 66.8. The lowest BCUT2D eigenvalue weighted by molar-refractivity contribution is 0.0953. The number of hydrogen-bond donors (Lipinski definition) is 0. The van der Waals surface area contributed by atoms with E-state index in [1.54, 1.807) is 24.3 Å². The van der Waals surface area contributed by atoms with Gasteiger partial charge in [0.05, 0.1) is 22.5 Å². The lowest BCUT2D eigenvalue weighted by Crippen LogP contribution is -2.37. The molecule has 0 unspecified atom stereocenters. The van der Waals surface area contributed by atoms with Crippen molar-refractivity contribution in [2.75, 3.05) is 9.80 Å². The quantitative estimate of drug-likeness (QED) is 0.201. The minimum Gasteiger partial charge on any atom is -0.287 e. The fraction of sp³-hybridized carbons (Fsp3) is 0. The van der Waals surface area contributed by atoms with Crippen molar-refractivity contribution in [2.45, 2.75) is 0 Å². The molecular formula is C28H12Br4N4O4. The van der Waals surface area contributed by atoms with Crippen LogP contribution >= 0.6 is 63.7 Å². The average Bonchev–Trinajstić information content (AvgIpc) is 3.39. The van der Waals surface area contributed by atoms with Crippen LogP contribution in [0.2, 0.25) is 0 Å². The van der Waals surface area contributed by atoms with Gasteiger partial charge in [-0.3, -0.25) is 38.9 Å². The number of carbonyl (C=O) groups excluding carboxylic acids is 4. The van der Waals surface area contributed by atoms with Gasteiger partial charge >= 0.3 is 0 Å². The molecule has 2 aromatic heterocycles. The second kappa shape index (κ2) is 10.3. The highest BCUT2D eigenvalue weighted by Crippen LogP contribution is 2.49. The van der Waals surface area contributed by atoms with E-state index in [0.29, 0.717) is 17.9 Å². The van der Waals surface area contributed by atoms with Gasteiger partial charge in [0, 0.05) is 53.8 Å². The van der Waals surface area contributed by atoms with Crippen LogP contribution in [0.1, 0.15) is 41.4 Å². The lowest BCUT2D eigenvalue weighted by Gasteiger charge is -2.25. The molecule has 0 saturated heterocycles. The van der Waals surface area contributed by atoms with Crippen LogP contribution in [-0.2, 0) is 0 Å². The molecule has 40 heavy (non-hydrogen) atoms. The van der Waals surface area contributed by atoms with Crippen molar-refractivity contribution in [3.8, 4) is 0 Å². The Morgan fingerprint density at radius 3 is 1.27 bits per heavy atom. The van der Waals surface area contributed by atoms with Crippen LogP contribution in [0.4, 0.5) is 11.4 Å². The van der Waals surface area contributed by atoms with E-state index in [1.165, 1.54) is 58.9 Å². The maximum absolute atomic E-state index is 14.2. The van der Waals surface area contributed by atoms with Crippen molar-refractivity contribution in [1.82, 2.24) is 9.97 Å². The van der Waals surface area contributed by atoms with Crippen molar-refractivity contribution in [2.24, 2.45) is 0 Å². The van der Waals surface area contributed by atoms with Crippen LogP contribution in [0.25, 0.3) is 0 Å². The first kappa shape index (κ1) is 26.9. The summed E-state index contributed by atoms with van der Waals surface area (Å²) in [5, 5.41) is 0. The van der Waals surface area contributed by atoms with Crippen molar-refractivity contribution >= 4 is 98.5 Å². The summed E-state index contributed by atoms with van der Waals surface area (Å²) in [6.45, 7) is 0. The number of benzene rings is 2. The number of allylic oxidation sites excluding steroid dienone is 2. The first-order valence-electron chi connectivity index (χ1n) is 11.5. The van der Waals surface area contributed by atoms with Gasteiger partial charge in [0.15, 0.2) is 0 Å². The van der Waals surface area contributed by atoms with Crippen LogP contribution in [0.15, 0.2) is 103 Å². The molecule has 0 radical (unpaired) electrons. The van der Waals surface area contributed by atoms with Crippen LogP contribution < -0.4 is 9.80 Å². The molecule has 2 aliphatic heterocycles. The summed E-state index contributed by atoms with van der Waals surface area (Å²) >= 11 is 13.8. The molecule has 0 saturated carbocycles. The second-order valence-electron chi connectivity index (χ2n) is 8.68. The van der Waals surface area contributed by atoms with E-state index in [9.17, 15) is 19.2 Å². The Hall–Kier alpha value is -3.32. The molecule has 0 N–H and O–H groups in total. The molecular weight excluding hydrogens is 776 g/mol. The minimum absolute atomic E-state index is 0.187. The molecule has 2 amide bonds. The van der Waals surface area contributed by atoms with Gasteiger partial charge in [0.25, 0.3) is 11.8 Å². The Morgan fingerprint density at radius 2 is 0.925 bits per heavy atom. The third-order valence-electron chi connectivity index (χ3n) is 6.36. The summed E-state index contributed by atoms with van der Waals surface area (Å²) in [7, 11) is 0. The maximum atomic E-state index is 14.2. The van der Waals surface area contributed by atoms with Gasteiger partial charge in [0.2, 0.25) is 11.6 Å². The number of pyridine rings is 2. The number of carbonyl (C=O) groups is 4. The molecule has 4 aromatic rings.